The Labute approximate surface area is 78.5 Å². The predicted octanol–water partition coefficient (Wildman–Crippen LogP) is 1.55. The van der Waals surface area contributed by atoms with Gasteiger partial charge in [-0.05, 0) is 5.01 Å². The Morgan fingerprint density at radius 1 is 1.46 bits per heavy atom. The minimum Gasteiger partial charge on any atom is -0.312 e. The van der Waals surface area contributed by atoms with Crippen molar-refractivity contribution in [1.29, 1.82) is 0 Å². The van der Waals surface area contributed by atoms with Crippen LogP contribution in [-0.2, 0) is 0 Å². The van der Waals surface area contributed by atoms with Crippen molar-refractivity contribution in [2.45, 2.75) is 0 Å². The van der Waals surface area contributed by atoms with Crippen molar-refractivity contribution < 1.29 is 4.79 Å². The molecule has 0 radical (unpaired) electrons. The Bertz CT molecular complexity index is 232. The molecule has 0 aliphatic rings. The molecule has 0 spiro atoms. The summed E-state index contributed by atoms with van der Waals surface area (Å²) in [5.74, 6) is 0. The highest BCUT2D eigenvalue weighted by molar-refractivity contribution is 5.75. The van der Waals surface area contributed by atoms with Gasteiger partial charge in [-0.2, -0.15) is 11.5 Å². The number of carbonyl (C=O) groups excluding carboxylic acids is 1. The van der Waals surface area contributed by atoms with Crippen LogP contribution in [0, 0.1) is 6.57 Å². The number of urea groups is 1. The van der Waals surface area contributed by atoms with Crippen LogP contribution < -0.4 is 0 Å². The number of hydrogen-bond acceptors (Lipinski definition) is 1. The molecule has 4 nitrogen and oxygen atoms in total. The summed E-state index contributed by atoms with van der Waals surface area (Å²) >= 11 is 0. The zero-order valence-corrected chi connectivity index (χ0v) is 7.73. The number of carbonyl (C=O) groups is 1. The van der Waals surface area contributed by atoms with Crippen LogP contribution in [0.5, 0.6) is 0 Å². The summed E-state index contributed by atoms with van der Waals surface area (Å²) in [5, 5.41) is 0.951. The first-order valence-electron chi connectivity index (χ1n) is 3.79. The summed E-state index contributed by atoms with van der Waals surface area (Å²) in [4.78, 5) is 15.9. The molecule has 0 aliphatic heterocycles. The van der Waals surface area contributed by atoms with E-state index in [-0.39, 0.29) is 6.03 Å². The van der Waals surface area contributed by atoms with Crippen LogP contribution in [-0.4, -0.2) is 36.1 Å². The lowest BCUT2D eigenvalue weighted by Gasteiger charge is -2.18. The van der Waals surface area contributed by atoms with E-state index >= 15 is 0 Å². The van der Waals surface area contributed by atoms with Crippen LogP contribution in [0.15, 0.2) is 25.3 Å². The highest BCUT2D eigenvalue weighted by Gasteiger charge is 2.18. The molecule has 13 heavy (non-hydrogen) atoms. The molecular weight excluding hydrogens is 166 g/mol. The standard InChI is InChI=1S/C9H13N3O/c1-5-7-12(8-6-2)9(13)11(4)10-3/h5-6H,1-2,7-8H2,4H3. The SMILES string of the molecule is [C-]#[N+]N(C)C(=O)N(CC=C)CC=C. The second-order valence-electron chi connectivity index (χ2n) is 2.39. The van der Waals surface area contributed by atoms with Gasteiger partial charge in [0.15, 0.2) is 0 Å². The lowest BCUT2D eigenvalue weighted by Crippen LogP contribution is -2.38. The van der Waals surface area contributed by atoms with Crippen LogP contribution in [0.2, 0.25) is 0 Å². The van der Waals surface area contributed by atoms with Crippen LogP contribution in [0.3, 0.4) is 0 Å². The molecule has 0 saturated heterocycles. The maximum Gasteiger partial charge on any atom is 0.385 e. The van der Waals surface area contributed by atoms with Crippen molar-refractivity contribution in [2.75, 3.05) is 20.1 Å². The smallest absolute Gasteiger partial charge is 0.312 e. The molecule has 0 fully saturated rings. The first kappa shape index (κ1) is 11.2. The van der Waals surface area contributed by atoms with Gasteiger partial charge in [0.25, 0.3) is 0 Å². The second-order valence-corrected chi connectivity index (χ2v) is 2.39. The summed E-state index contributed by atoms with van der Waals surface area (Å²) in [6.07, 6.45) is 3.22. The van der Waals surface area contributed by atoms with Gasteiger partial charge in [0.05, 0.1) is 7.05 Å². The Hall–Kier alpha value is -1.76. The zero-order valence-electron chi connectivity index (χ0n) is 7.73. The fraction of sp³-hybridized carbons (Fsp3) is 0.333. The predicted molar refractivity (Wildman–Crippen MR) is 51.7 cm³/mol. The van der Waals surface area contributed by atoms with Gasteiger partial charge in [-0.15, -0.1) is 13.2 Å². The van der Waals surface area contributed by atoms with Gasteiger partial charge in [-0.25, -0.2) is 4.79 Å². The highest BCUT2D eigenvalue weighted by atomic mass is 16.2. The summed E-state index contributed by atoms with van der Waals surface area (Å²) in [6, 6.07) is -0.338. The third kappa shape index (κ3) is 3.43. The van der Waals surface area contributed by atoms with E-state index in [9.17, 15) is 4.79 Å². The molecule has 0 bridgehead atoms. The van der Waals surface area contributed by atoms with E-state index < -0.39 is 0 Å². The minimum atomic E-state index is -0.338. The summed E-state index contributed by atoms with van der Waals surface area (Å²) in [6.45, 7) is 14.5. The number of nitrogens with zero attached hydrogens (tertiary/aromatic N) is 3. The maximum atomic E-state index is 11.4. The van der Waals surface area contributed by atoms with E-state index in [0.29, 0.717) is 13.1 Å². The third-order valence-corrected chi connectivity index (χ3v) is 1.40. The molecule has 0 N–H and O–H groups in total. The molecule has 70 valence electrons. The fourth-order valence-electron chi connectivity index (χ4n) is 0.790. The highest BCUT2D eigenvalue weighted by Crippen LogP contribution is 1.97. The molecule has 0 aromatic heterocycles. The van der Waals surface area contributed by atoms with Gasteiger partial charge < -0.3 is 4.90 Å². The summed E-state index contributed by atoms with van der Waals surface area (Å²) < 4.78 is 0. The summed E-state index contributed by atoms with van der Waals surface area (Å²) in [7, 11) is 1.43. The van der Waals surface area contributed by atoms with Crippen LogP contribution in [0.25, 0.3) is 4.95 Å². The molecule has 0 unspecified atom stereocenters. The average Bonchev–Trinajstić information content (AvgIpc) is 2.15. The van der Waals surface area contributed by atoms with E-state index in [4.69, 9.17) is 6.57 Å². The van der Waals surface area contributed by atoms with Gasteiger partial charge in [0, 0.05) is 13.1 Å². The largest absolute Gasteiger partial charge is 0.385 e. The van der Waals surface area contributed by atoms with E-state index in [2.05, 4.69) is 18.1 Å². The molecule has 4 heteroatoms. The number of hydrogen-bond donors (Lipinski definition) is 0. The van der Waals surface area contributed by atoms with Crippen molar-refractivity contribution in [2.24, 2.45) is 0 Å². The molecule has 0 atom stereocenters. The molecule has 0 heterocycles. The maximum absolute atomic E-state index is 11.4. The van der Waals surface area contributed by atoms with Gasteiger partial charge in [0.2, 0.25) is 0 Å². The molecular formula is C9H13N3O. The van der Waals surface area contributed by atoms with E-state index in [1.807, 2.05) is 0 Å². The Morgan fingerprint density at radius 2 is 1.92 bits per heavy atom. The lowest BCUT2D eigenvalue weighted by atomic mass is 10.4. The van der Waals surface area contributed by atoms with Crippen LogP contribution >= 0.6 is 0 Å². The number of amides is 2. The van der Waals surface area contributed by atoms with Crippen molar-refractivity contribution >= 4 is 6.03 Å². The fourth-order valence-corrected chi connectivity index (χ4v) is 0.790. The van der Waals surface area contributed by atoms with E-state index in [1.165, 1.54) is 11.9 Å². The van der Waals surface area contributed by atoms with Crippen LogP contribution in [0.4, 0.5) is 4.79 Å². The average molecular weight is 179 g/mol. The molecule has 0 aromatic rings. The Balaban J connectivity index is 4.36. The van der Waals surface area contributed by atoms with E-state index in [1.54, 1.807) is 12.2 Å². The minimum absolute atomic E-state index is 0.338. The zero-order chi connectivity index (χ0) is 10.3. The van der Waals surface area contributed by atoms with E-state index in [0.717, 1.165) is 5.01 Å². The van der Waals surface area contributed by atoms with Gasteiger partial charge in [-0.1, -0.05) is 12.2 Å². The Morgan fingerprint density at radius 3 is 2.23 bits per heavy atom. The molecule has 0 aliphatic carbocycles. The first-order chi connectivity index (χ1) is 6.17. The van der Waals surface area contributed by atoms with Crippen LogP contribution in [0.1, 0.15) is 0 Å². The molecule has 0 rings (SSSR count). The normalized spacial score (nSPS) is 8.31. The van der Waals surface area contributed by atoms with Crippen molar-refractivity contribution in [3.8, 4) is 0 Å². The second kappa shape index (κ2) is 5.84. The third-order valence-electron chi connectivity index (χ3n) is 1.40. The Kier molecular flexibility index (Phi) is 5.05. The van der Waals surface area contributed by atoms with Gasteiger partial charge in [-0.3, -0.25) is 0 Å². The number of rotatable bonds is 4. The molecule has 0 aromatic carbocycles. The summed E-state index contributed by atoms with van der Waals surface area (Å²) in [5.41, 5.74) is 0. The lowest BCUT2D eigenvalue weighted by molar-refractivity contribution is 0.186. The molecule has 0 saturated carbocycles. The van der Waals surface area contributed by atoms with Crippen molar-refractivity contribution in [3.05, 3.63) is 36.8 Å². The monoisotopic (exact) mass is 179 g/mol. The van der Waals surface area contributed by atoms with Gasteiger partial charge in [0.1, 0.15) is 0 Å². The quantitative estimate of drug-likeness (QED) is 0.365. The van der Waals surface area contributed by atoms with Crippen molar-refractivity contribution in [3.63, 3.8) is 0 Å². The first-order valence-corrected chi connectivity index (χ1v) is 3.79. The topological polar surface area (TPSA) is 27.9 Å². The molecule has 2 amide bonds. The van der Waals surface area contributed by atoms with Gasteiger partial charge >= 0.3 is 6.03 Å². The van der Waals surface area contributed by atoms with Crippen molar-refractivity contribution in [1.82, 2.24) is 9.91 Å².